The molecule has 0 aliphatic heterocycles. The molecule has 0 fully saturated rings. The van der Waals surface area contributed by atoms with Gasteiger partial charge in [0, 0.05) is 5.56 Å². The number of nitrogens with zero attached hydrogens (tertiary/aromatic N) is 3. The number of methoxy groups -OCH3 is 2. The van der Waals surface area contributed by atoms with Gasteiger partial charge in [-0.2, -0.15) is 0 Å². The van der Waals surface area contributed by atoms with Gasteiger partial charge in [0.2, 0.25) is 5.82 Å². The molecule has 0 aliphatic carbocycles. The van der Waals surface area contributed by atoms with E-state index in [1.807, 2.05) is 5.48 Å². The van der Waals surface area contributed by atoms with Crippen molar-refractivity contribution in [2.75, 3.05) is 19.5 Å². The molecule has 1 aromatic heterocycles. The van der Waals surface area contributed by atoms with Crippen LogP contribution in [0.2, 0.25) is 0 Å². The fourth-order valence-corrected chi connectivity index (χ4v) is 2.76. The van der Waals surface area contributed by atoms with Gasteiger partial charge in [-0.05, 0) is 62.6 Å². The highest BCUT2D eigenvalue weighted by Crippen LogP contribution is 2.28. The van der Waals surface area contributed by atoms with E-state index in [-0.39, 0.29) is 27.4 Å². The quantitative estimate of drug-likeness (QED) is 0.278. The first-order valence-electron chi connectivity index (χ1n) is 8.27. The Morgan fingerprint density at radius 2 is 1.93 bits per heavy atom. The fourth-order valence-electron chi connectivity index (χ4n) is 2.40. The van der Waals surface area contributed by atoms with Crippen molar-refractivity contribution in [1.82, 2.24) is 15.8 Å². The predicted molar refractivity (Wildman–Crippen MR) is 107 cm³/mol. The molecule has 0 saturated carbocycles. The summed E-state index contributed by atoms with van der Waals surface area (Å²) in [5, 5.41) is 19.2. The number of hydrogen-bond donors (Lipinski definition) is 3. The van der Waals surface area contributed by atoms with Crippen LogP contribution >= 0.6 is 15.9 Å². The smallest absolute Gasteiger partial charge is 0.257 e. The second-order valence-electron chi connectivity index (χ2n) is 5.66. The molecule has 1 amide bonds. The number of carbonyl (C=O) groups is 1. The number of amidine groups is 1. The fraction of sp³-hybridized carbons (Fsp3) is 0.111. The highest BCUT2D eigenvalue weighted by molar-refractivity contribution is 9.10. The Hall–Kier alpha value is -3.51. The van der Waals surface area contributed by atoms with Crippen molar-refractivity contribution in [2.45, 2.75) is 0 Å². The molecule has 0 radical (unpaired) electrons. The molecule has 12 heteroatoms. The Balaban J connectivity index is 1.87. The zero-order chi connectivity index (χ0) is 21.7. The minimum Gasteiger partial charge on any atom is -0.493 e. The highest BCUT2D eigenvalue weighted by Gasteiger charge is 2.20. The number of halogens is 2. The van der Waals surface area contributed by atoms with E-state index >= 15 is 0 Å². The third-order valence-corrected chi connectivity index (χ3v) is 4.45. The number of amides is 1. The van der Waals surface area contributed by atoms with E-state index in [4.69, 9.17) is 9.47 Å². The Labute approximate surface area is 177 Å². The second kappa shape index (κ2) is 9.33. The standard InChI is InChI=1S/C18H15BrFN5O5/c1-28-13-6-3-9(7-14(13)29-2)18(26)22-17-15(24-30-25-17)16(23-27)21-10-4-5-12(20)11(19)8-10/h3-8,27H,1-2H3,(H,21,23)(H,22,25,26). The van der Waals surface area contributed by atoms with E-state index in [0.29, 0.717) is 17.2 Å². The number of hydroxylamine groups is 1. The van der Waals surface area contributed by atoms with Crippen molar-refractivity contribution in [3.63, 3.8) is 0 Å². The summed E-state index contributed by atoms with van der Waals surface area (Å²) in [5.41, 5.74) is 2.33. The summed E-state index contributed by atoms with van der Waals surface area (Å²) in [5.74, 6) is -0.478. The first kappa shape index (κ1) is 21.2. The lowest BCUT2D eigenvalue weighted by Gasteiger charge is -2.09. The van der Waals surface area contributed by atoms with Gasteiger partial charge in [0.1, 0.15) is 5.82 Å². The number of ether oxygens (including phenoxy) is 2. The molecule has 156 valence electrons. The maximum Gasteiger partial charge on any atom is 0.257 e. The number of aromatic nitrogens is 2. The lowest BCUT2D eigenvalue weighted by atomic mass is 10.2. The van der Waals surface area contributed by atoms with Crippen LogP contribution < -0.4 is 20.3 Å². The van der Waals surface area contributed by atoms with Crippen molar-refractivity contribution < 1.29 is 28.5 Å². The maximum absolute atomic E-state index is 13.4. The molecule has 0 atom stereocenters. The van der Waals surface area contributed by atoms with Crippen molar-refractivity contribution in [2.24, 2.45) is 4.99 Å². The Bertz CT molecular complexity index is 1100. The van der Waals surface area contributed by atoms with Gasteiger partial charge in [0.15, 0.2) is 23.0 Å². The lowest BCUT2D eigenvalue weighted by molar-refractivity contribution is 0.102. The Morgan fingerprint density at radius 3 is 2.60 bits per heavy atom. The molecule has 0 unspecified atom stereocenters. The zero-order valence-electron chi connectivity index (χ0n) is 15.6. The van der Waals surface area contributed by atoms with Crippen LogP contribution in [-0.2, 0) is 0 Å². The molecular weight excluding hydrogens is 465 g/mol. The van der Waals surface area contributed by atoms with E-state index in [0.717, 1.165) is 0 Å². The molecule has 30 heavy (non-hydrogen) atoms. The third-order valence-electron chi connectivity index (χ3n) is 3.84. The number of hydrogen-bond acceptors (Lipinski definition) is 8. The molecule has 3 aromatic rings. The van der Waals surface area contributed by atoms with Gasteiger partial charge >= 0.3 is 0 Å². The van der Waals surface area contributed by atoms with Crippen LogP contribution in [0.15, 0.2) is 50.5 Å². The van der Waals surface area contributed by atoms with Gasteiger partial charge in [-0.25, -0.2) is 14.0 Å². The topological polar surface area (TPSA) is 131 Å². The largest absolute Gasteiger partial charge is 0.493 e. The molecule has 2 aromatic carbocycles. The van der Waals surface area contributed by atoms with Gasteiger partial charge in [-0.3, -0.25) is 15.5 Å². The average molecular weight is 480 g/mol. The number of benzene rings is 2. The van der Waals surface area contributed by atoms with E-state index in [1.165, 1.54) is 44.6 Å². The van der Waals surface area contributed by atoms with Gasteiger partial charge in [0.25, 0.3) is 5.91 Å². The third kappa shape index (κ3) is 4.55. The summed E-state index contributed by atoms with van der Waals surface area (Å²) in [4.78, 5) is 16.7. The summed E-state index contributed by atoms with van der Waals surface area (Å²) in [6, 6.07) is 8.55. The maximum atomic E-state index is 13.4. The van der Waals surface area contributed by atoms with Crippen LogP contribution in [0.4, 0.5) is 15.9 Å². The zero-order valence-corrected chi connectivity index (χ0v) is 17.2. The van der Waals surface area contributed by atoms with E-state index in [1.54, 1.807) is 6.07 Å². The van der Waals surface area contributed by atoms with Gasteiger partial charge < -0.3 is 14.8 Å². The number of carbonyl (C=O) groups excluding carboxylic acids is 1. The SMILES string of the molecule is COc1ccc(C(=O)Nc2nonc2C(=Nc2ccc(F)c(Br)c2)NO)cc1OC. The normalized spacial score (nSPS) is 11.2. The number of aliphatic imine (C=N–C) groups is 1. The first-order valence-corrected chi connectivity index (χ1v) is 9.06. The van der Waals surface area contributed by atoms with Crippen LogP contribution in [0.3, 0.4) is 0 Å². The summed E-state index contributed by atoms with van der Waals surface area (Å²) in [6.07, 6.45) is 0. The van der Waals surface area contributed by atoms with Crippen LogP contribution in [0, 0.1) is 5.82 Å². The molecule has 0 spiro atoms. The Morgan fingerprint density at radius 1 is 1.17 bits per heavy atom. The predicted octanol–water partition coefficient (Wildman–Crippen LogP) is 3.30. The van der Waals surface area contributed by atoms with Crippen molar-refractivity contribution in [3.05, 3.63) is 57.9 Å². The van der Waals surface area contributed by atoms with E-state index in [9.17, 15) is 14.4 Å². The molecule has 1 heterocycles. The lowest BCUT2D eigenvalue weighted by Crippen LogP contribution is -2.23. The van der Waals surface area contributed by atoms with Crippen molar-refractivity contribution in [3.8, 4) is 11.5 Å². The van der Waals surface area contributed by atoms with Crippen molar-refractivity contribution >= 4 is 39.2 Å². The van der Waals surface area contributed by atoms with Gasteiger partial charge in [0.05, 0.1) is 24.4 Å². The first-order chi connectivity index (χ1) is 14.5. The Kier molecular flexibility index (Phi) is 6.59. The minimum absolute atomic E-state index is 0.0771. The molecule has 0 aliphatic rings. The second-order valence-corrected chi connectivity index (χ2v) is 6.51. The number of anilines is 1. The van der Waals surface area contributed by atoms with Crippen molar-refractivity contribution in [1.29, 1.82) is 0 Å². The summed E-state index contributed by atoms with van der Waals surface area (Å²) >= 11 is 3.05. The monoisotopic (exact) mass is 479 g/mol. The van der Waals surface area contributed by atoms with Crippen LogP contribution in [-0.4, -0.2) is 41.5 Å². The molecule has 3 rings (SSSR count). The molecule has 0 bridgehead atoms. The summed E-state index contributed by atoms with van der Waals surface area (Å²) < 4.78 is 28.6. The summed E-state index contributed by atoms with van der Waals surface area (Å²) in [7, 11) is 2.93. The molecule has 3 N–H and O–H groups in total. The van der Waals surface area contributed by atoms with Crippen LogP contribution in [0.1, 0.15) is 16.1 Å². The van der Waals surface area contributed by atoms with Gasteiger partial charge in [-0.1, -0.05) is 0 Å². The summed E-state index contributed by atoms with van der Waals surface area (Å²) in [6.45, 7) is 0. The minimum atomic E-state index is -0.547. The van der Waals surface area contributed by atoms with E-state index in [2.05, 4.69) is 41.2 Å². The number of rotatable bonds is 6. The van der Waals surface area contributed by atoms with E-state index < -0.39 is 11.7 Å². The molecule has 10 nitrogen and oxygen atoms in total. The van der Waals surface area contributed by atoms with Crippen LogP contribution in [0.25, 0.3) is 0 Å². The highest BCUT2D eigenvalue weighted by atomic mass is 79.9. The number of nitrogens with one attached hydrogen (secondary N) is 2. The molecule has 0 saturated heterocycles. The molecular formula is C18H15BrFN5O5. The van der Waals surface area contributed by atoms with Gasteiger partial charge in [-0.15, -0.1) is 0 Å². The average Bonchev–Trinajstić information content (AvgIpc) is 3.21. The van der Waals surface area contributed by atoms with Crippen LogP contribution in [0.5, 0.6) is 11.5 Å².